The van der Waals surface area contributed by atoms with Crippen LogP contribution in [0, 0.1) is 0 Å². The number of rotatable bonds is 7. The van der Waals surface area contributed by atoms with Crippen LogP contribution < -0.4 is 5.32 Å². The minimum Gasteiger partial charge on any atom is -0.384 e. The van der Waals surface area contributed by atoms with Gasteiger partial charge in [-0.05, 0) is 38.8 Å². The number of nitrogens with one attached hydrogen (secondary N) is 1. The highest BCUT2D eigenvalue weighted by molar-refractivity contribution is 5.92. The number of amides is 1. The maximum absolute atomic E-state index is 12.3. The smallest absolute Gasteiger partial charge is 0.272 e. The number of hydrogen-bond donors (Lipinski definition) is 1. The standard InChI is InChI=1S/C15H25N3O/c1-5-10-16-13-8-9-14(17-11-13)15(19)18(7-3)12(4)6-2/h8-9,11-12,16H,5-7,10H2,1-4H3. The molecular formula is C15H25N3O. The maximum atomic E-state index is 12.3. The van der Waals surface area contributed by atoms with Crippen LogP contribution in [0.2, 0.25) is 0 Å². The van der Waals surface area contributed by atoms with Crippen LogP contribution in [0.3, 0.4) is 0 Å². The number of carbonyl (C=O) groups excluding carboxylic acids is 1. The largest absolute Gasteiger partial charge is 0.384 e. The SMILES string of the molecule is CCCNc1ccc(C(=O)N(CC)C(C)CC)nc1. The number of pyridine rings is 1. The normalized spacial score (nSPS) is 12.0. The number of carbonyl (C=O) groups is 1. The van der Waals surface area contributed by atoms with Crippen molar-refractivity contribution >= 4 is 11.6 Å². The van der Waals surface area contributed by atoms with Crippen molar-refractivity contribution in [3.8, 4) is 0 Å². The zero-order chi connectivity index (χ0) is 14.3. The lowest BCUT2D eigenvalue weighted by Gasteiger charge is -2.26. The van der Waals surface area contributed by atoms with Gasteiger partial charge in [-0.3, -0.25) is 4.79 Å². The molecule has 0 aliphatic heterocycles. The summed E-state index contributed by atoms with van der Waals surface area (Å²) in [7, 11) is 0. The van der Waals surface area contributed by atoms with Gasteiger partial charge < -0.3 is 10.2 Å². The van der Waals surface area contributed by atoms with Crippen LogP contribution in [-0.4, -0.2) is 34.9 Å². The molecule has 106 valence electrons. The van der Waals surface area contributed by atoms with Crippen molar-refractivity contribution in [2.45, 2.75) is 46.6 Å². The Morgan fingerprint density at radius 2 is 2.11 bits per heavy atom. The molecule has 4 heteroatoms. The second kappa shape index (κ2) is 7.77. The van der Waals surface area contributed by atoms with Crippen molar-refractivity contribution in [3.05, 3.63) is 24.0 Å². The van der Waals surface area contributed by atoms with E-state index in [-0.39, 0.29) is 11.9 Å². The van der Waals surface area contributed by atoms with Gasteiger partial charge in [0.15, 0.2) is 0 Å². The van der Waals surface area contributed by atoms with Gasteiger partial charge in [-0.15, -0.1) is 0 Å². The molecular weight excluding hydrogens is 238 g/mol. The zero-order valence-electron chi connectivity index (χ0n) is 12.4. The first kappa shape index (κ1) is 15.5. The summed E-state index contributed by atoms with van der Waals surface area (Å²) in [6.45, 7) is 9.91. The first-order chi connectivity index (χ1) is 9.13. The monoisotopic (exact) mass is 263 g/mol. The van der Waals surface area contributed by atoms with Gasteiger partial charge in [0.05, 0.1) is 11.9 Å². The summed E-state index contributed by atoms with van der Waals surface area (Å²) in [5.41, 5.74) is 1.48. The fourth-order valence-electron chi connectivity index (χ4n) is 1.92. The van der Waals surface area contributed by atoms with E-state index in [2.05, 4.69) is 31.1 Å². The molecule has 0 saturated carbocycles. The molecule has 0 radical (unpaired) electrons. The molecule has 0 fully saturated rings. The number of nitrogens with zero attached hydrogens (tertiary/aromatic N) is 2. The number of aromatic nitrogens is 1. The van der Waals surface area contributed by atoms with Crippen molar-refractivity contribution in [2.24, 2.45) is 0 Å². The van der Waals surface area contributed by atoms with Gasteiger partial charge in [0.25, 0.3) is 5.91 Å². The van der Waals surface area contributed by atoms with Crippen LogP contribution in [0.15, 0.2) is 18.3 Å². The number of hydrogen-bond acceptors (Lipinski definition) is 3. The van der Waals surface area contributed by atoms with Crippen LogP contribution in [0.5, 0.6) is 0 Å². The van der Waals surface area contributed by atoms with Crippen LogP contribution in [0.25, 0.3) is 0 Å². The van der Waals surface area contributed by atoms with E-state index in [4.69, 9.17) is 0 Å². The predicted octanol–water partition coefficient (Wildman–Crippen LogP) is 3.16. The summed E-state index contributed by atoms with van der Waals surface area (Å²) in [6.07, 6.45) is 3.75. The second-order valence-corrected chi connectivity index (χ2v) is 4.71. The van der Waals surface area contributed by atoms with Crippen molar-refractivity contribution in [3.63, 3.8) is 0 Å². The van der Waals surface area contributed by atoms with Gasteiger partial charge in [0.1, 0.15) is 5.69 Å². The van der Waals surface area contributed by atoms with Crippen molar-refractivity contribution in [2.75, 3.05) is 18.4 Å². The van der Waals surface area contributed by atoms with Gasteiger partial charge in [0.2, 0.25) is 0 Å². The van der Waals surface area contributed by atoms with E-state index in [0.717, 1.165) is 25.1 Å². The molecule has 19 heavy (non-hydrogen) atoms. The third-order valence-corrected chi connectivity index (χ3v) is 3.29. The molecule has 1 unspecified atom stereocenters. The van der Waals surface area contributed by atoms with Crippen LogP contribution in [0.1, 0.15) is 51.0 Å². The Morgan fingerprint density at radius 1 is 1.37 bits per heavy atom. The highest BCUT2D eigenvalue weighted by Gasteiger charge is 2.19. The van der Waals surface area contributed by atoms with Gasteiger partial charge >= 0.3 is 0 Å². The lowest BCUT2D eigenvalue weighted by Crippen LogP contribution is -2.38. The van der Waals surface area contributed by atoms with E-state index in [0.29, 0.717) is 12.2 Å². The fraction of sp³-hybridized carbons (Fsp3) is 0.600. The first-order valence-electron chi connectivity index (χ1n) is 7.14. The van der Waals surface area contributed by atoms with Crippen molar-refractivity contribution < 1.29 is 4.79 Å². The van der Waals surface area contributed by atoms with Crippen LogP contribution >= 0.6 is 0 Å². The predicted molar refractivity (Wildman–Crippen MR) is 79.5 cm³/mol. The summed E-state index contributed by atoms with van der Waals surface area (Å²) in [5, 5.41) is 3.25. The third kappa shape index (κ3) is 4.23. The average Bonchev–Trinajstić information content (AvgIpc) is 2.46. The highest BCUT2D eigenvalue weighted by Crippen LogP contribution is 2.11. The molecule has 1 atom stereocenters. The van der Waals surface area contributed by atoms with Gasteiger partial charge in [-0.25, -0.2) is 4.98 Å². The Bertz CT molecular complexity index is 389. The van der Waals surface area contributed by atoms with Crippen molar-refractivity contribution in [1.82, 2.24) is 9.88 Å². The van der Waals surface area contributed by atoms with Crippen molar-refractivity contribution in [1.29, 1.82) is 0 Å². The maximum Gasteiger partial charge on any atom is 0.272 e. The highest BCUT2D eigenvalue weighted by atomic mass is 16.2. The molecule has 0 aliphatic rings. The van der Waals surface area contributed by atoms with Gasteiger partial charge in [-0.1, -0.05) is 13.8 Å². The Balaban J connectivity index is 2.76. The first-order valence-corrected chi connectivity index (χ1v) is 7.14. The molecule has 1 heterocycles. The number of anilines is 1. The fourth-order valence-corrected chi connectivity index (χ4v) is 1.92. The van der Waals surface area contributed by atoms with E-state index in [9.17, 15) is 4.79 Å². The van der Waals surface area contributed by atoms with Crippen LogP contribution in [0.4, 0.5) is 5.69 Å². The summed E-state index contributed by atoms with van der Waals surface area (Å²) >= 11 is 0. The van der Waals surface area contributed by atoms with Crippen LogP contribution in [-0.2, 0) is 0 Å². The molecule has 0 aromatic carbocycles. The second-order valence-electron chi connectivity index (χ2n) is 4.71. The Labute approximate surface area is 116 Å². The minimum atomic E-state index is 0.0129. The summed E-state index contributed by atoms with van der Waals surface area (Å²) in [5.74, 6) is 0.0129. The third-order valence-electron chi connectivity index (χ3n) is 3.29. The van der Waals surface area contributed by atoms with E-state index in [1.54, 1.807) is 12.3 Å². The lowest BCUT2D eigenvalue weighted by molar-refractivity contribution is 0.0694. The molecule has 1 aromatic rings. The molecule has 0 spiro atoms. The van der Waals surface area contributed by atoms with E-state index in [1.807, 2.05) is 17.9 Å². The molecule has 1 aromatic heterocycles. The van der Waals surface area contributed by atoms with Gasteiger partial charge in [-0.2, -0.15) is 0 Å². The molecule has 1 rings (SSSR count). The quantitative estimate of drug-likeness (QED) is 0.822. The molecule has 4 nitrogen and oxygen atoms in total. The molecule has 1 amide bonds. The zero-order valence-corrected chi connectivity index (χ0v) is 12.4. The summed E-state index contributed by atoms with van der Waals surface area (Å²) < 4.78 is 0. The molecule has 0 aliphatic carbocycles. The molecule has 1 N–H and O–H groups in total. The average molecular weight is 263 g/mol. The Hall–Kier alpha value is -1.58. The summed E-state index contributed by atoms with van der Waals surface area (Å²) in [6, 6.07) is 3.96. The molecule has 0 bridgehead atoms. The lowest BCUT2D eigenvalue weighted by atomic mass is 10.2. The van der Waals surface area contributed by atoms with E-state index >= 15 is 0 Å². The Kier molecular flexibility index (Phi) is 6.33. The summed E-state index contributed by atoms with van der Waals surface area (Å²) in [4.78, 5) is 18.5. The Morgan fingerprint density at radius 3 is 2.58 bits per heavy atom. The van der Waals surface area contributed by atoms with E-state index in [1.165, 1.54) is 0 Å². The van der Waals surface area contributed by atoms with Gasteiger partial charge in [0, 0.05) is 19.1 Å². The molecule has 0 saturated heterocycles. The van der Waals surface area contributed by atoms with E-state index < -0.39 is 0 Å². The minimum absolute atomic E-state index is 0.0129. The topological polar surface area (TPSA) is 45.2 Å².